The molecule has 1 aliphatic rings. The van der Waals surface area contributed by atoms with Crippen LogP contribution >= 0.6 is 0 Å². The van der Waals surface area contributed by atoms with E-state index in [0.717, 1.165) is 5.56 Å². The van der Waals surface area contributed by atoms with E-state index in [1.807, 2.05) is 12.1 Å². The van der Waals surface area contributed by atoms with Crippen LogP contribution in [0.4, 0.5) is 0 Å². The second-order valence-electron chi connectivity index (χ2n) is 4.60. The molecule has 0 amide bonds. The van der Waals surface area contributed by atoms with E-state index in [4.69, 9.17) is 14.2 Å². The lowest BCUT2D eigenvalue weighted by molar-refractivity contribution is -0.151. The number of hydrogen-bond donors (Lipinski definition) is 0. The molecule has 0 radical (unpaired) electrons. The van der Waals surface area contributed by atoms with Crippen molar-refractivity contribution in [2.75, 3.05) is 19.8 Å². The van der Waals surface area contributed by atoms with Crippen molar-refractivity contribution < 1.29 is 23.8 Å². The molecule has 20 heavy (non-hydrogen) atoms. The van der Waals surface area contributed by atoms with Crippen molar-refractivity contribution in [3.05, 3.63) is 23.8 Å². The molecule has 108 valence electrons. The molecule has 5 nitrogen and oxygen atoms in total. The summed E-state index contributed by atoms with van der Waals surface area (Å²) in [6, 6.07) is 5.44. The molecule has 1 aromatic carbocycles. The molecule has 0 N–H and O–H groups in total. The van der Waals surface area contributed by atoms with Gasteiger partial charge in [0.1, 0.15) is 24.9 Å². The monoisotopic (exact) mass is 278 g/mol. The largest absolute Gasteiger partial charge is 0.486 e. The second-order valence-corrected chi connectivity index (χ2v) is 4.60. The molecular weight excluding hydrogens is 260 g/mol. The van der Waals surface area contributed by atoms with Gasteiger partial charge in [-0.1, -0.05) is 6.07 Å². The topological polar surface area (TPSA) is 61.8 Å². The van der Waals surface area contributed by atoms with Crippen molar-refractivity contribution in [2.24, 2.45) is 5.92 Å². The summed E-state index contributed by atoms with van der Waals surface area (Å²) in [7, 11) is 0. The van der Waals surface area contributed by atoms with Gasteiger partial charge in [-0.2, -0.15) is 0 Å². The fourth-order valence-electron chi connectivity index (χ4n) is 2.09. The number of hydrogen-bond acceptors (Lipinski definition) is 5. The third kappa shape index (κ3) is 3.29. The number of esters is 1. The zero-order valence-electron chi connectivity index (χ0n) is 11.7. The van der Waals surface area contributed by atoms with Crippen molar-refractivity contribution in [1.82, 2.24) is 0 Å². The predicted molar refractivity (Wildman–Crippen MR) is 71.9 cm³/mol. The zero-order chi connectivity index (χ0) is 14.5. The first-order chi connectivity index (χ1) is 9.61. The average Bonchev–Trinajstić information content (AvgIpc) is 2.44. The van der Waals surface area contributed by atoms with E-state index in [0.29, 0.717) is 31.1 Å². The van der Waals surface area contributed by atoms with Crippen LogP contribution in [0.2, 0.25) is 0 Å². The molecule has 5 heteroatoms. The van der Waals surface area contributed by atoms with Crippen LogP contribution in [0.15, 0.2) is 18.2 Å². The van der Waals surface area contributed by atoms with Gasteiger partial charge in [-0.15, -0.1) is 0 Å². The van der Waals surface area contributed by atoms with Gasteiger partial charge in [0, 0.05) is 0 Å². The summed E-state index contributed by atoms with van der Waals surface area (Å²) in [5.41, 5.74) is 0.850. The van der Waals surface area contributed by atoms with E-state index in [2.05, 4.69) is 0 Å². The van der Waals surface area contributed by atoms with Crippen molar-refractivity contribution in [2.45, 2.75) is 20.3 Å². The summed E-state index contributed by atoms with van der Waals surface area (Å²) in [5.74, 6) is -0.0962. The highest BCUT2D eigenvalue weighted by Crippen LogP contribution is 2.31. The number of Topliss-reactive ketones (excluding diaryl/α,β-unsaturated/α-hetero) is 1. The van der Waals surface area contributed by atoms with E-state index in [1.54, 1.807) is 13.0 Å². The molecule has 0 unspecified atom stereocenters. The lowest BCUT2D eigenvalue weighted by Crippen LogP contribution is -2.26. The van der Waals surface area contributed by atoms with Gasteiger partial charge in [-0.25, -0.2) is 0 Å². The van der Waals surface area contributed by atoms with E-state index < -0.39 is 11.9 Å². The number of fused-ring (bicyclic) bond motifs is 1. The van der Waals surface area contributed by atoms with Gasteiger partial charge in [0.05, 0.1) is 6.61 Å². The molecule has 0 saturated heterocycles. The minimum atomic E-state index is -0.766. The molecule has 0 aliphatic carbocycles. The molecule has 1 aliphatic heterocycles. The van der Waals surface area contributed by atoms with Crippen LogP contribution in [0.25, 0.3) is 0 Å². The van der Waals surface area contributed by atoms with Gasteiger partial charge < -0.3 is 14.2 Å². The molecule has 0 bridgehead atoms. The molecule has 0 fully saturated rings. The highest BCUT2D eigenvalue weighted by molar-refractivity contribution is 5.98. The third-order valence-electron chi connectivity index (χ3n) is 3.11. The van der Waals surface area contributed by atoms with Crippen molar-refractivity contribution >= 4 is 11.8 Å². The van der Waals surface area contributed by atoms with Crippen molar-refractivity contribution in [3.8, 4) is 11.5 Å². The number of ketones is 1. The number of carbonyl (C=O) groups excluding carboxylic acids is 2. The number of benzene rings is 1. The maximum absolute atomic E-state index is 11.8. The summed E-state index contributed by atoms with van der Waals surface area (Å²) < 4.78 is 15.9. The minimum Gasteiger partial charge on any atom is -0.486 e. The van der Waals surface area contributed by atoms with Gasteiger partial charge in [0.2, 0.25) is 0 Å². The molecule has 1 aromatic rings. The van der Waals surface area contributed by atoms with Crippen LogP contribution in [0.5, 0.6) is 11.5 Å². The maximum atomic E-state index is 11.8. The quantitative estimate of drug-likeness (QED) is 0.607. The Morgan fingerprint density at radius 2 is 1.95 bits per heavy atom. The van der Waals surface area contributed by atoms with E-state index >= 15 is 0 Å². The maximum Gasteiger partial charge on any atom is 0.316 e. The van der Waals surface area contributed by atoms with Gasteiger partial charge in [-0.3, -0.25) is 9.59 Å². The van der Waals surface area contributed by atoms with E-state index in [1.165, 1.54) is 6.92 Å². The second kappa shape index (κ2) is 6.41. The fourth-order valence-corrected chi connectivity index (χ4v) is 2.09. The first-order valence-corrected chi connectivity index (χ1v) is 6.67. The Labute approximate surface area is 117 Å². The fraction of sp³-hybridized carbons (Fsp3) is 0.467. The van der Waals surface area contributed by atoms with Crippen LogP contribution in [0, 0.1) is 5.92 Å². The molecular formula is C15H18O5. The van der Waals surface area contributed by atoms with Crippen LogP contribution in [-0.4, -0.2) is 31.6 Å². The highest BCUT2D eigenvalue weighted by Gasteiger charge is 2.25. The standard InChI is InChI=1S/C15H18O5/c1-3-18-15(17)12(10(2)16)8-11-4-5-13-14(9-11)20-7-6-19-13/h4-5,9,12H,3,6-8H2,1-2H3/t12-/m0/s1. The molecule has 1 heterocycles. The minimum absolute atomic E-state index is 0.196. The molecule has 0 aromatic heterocycles. The summed E-state index contributed by atoms with van der Waals surface area (Å²) in [6.07, 6.45) is 0.310. The van der Waals surface area contributed by atoms with Crippen molar-refractivity contribution in [1.29, 1.82) is 0 Å². The highest BCUT2D eigenvalue weighted by atomic mass is 16.6. The number of rotatable bonds is 5. The summed E-state index contributed by atoms with van der Waals surface area (Å²) in [6.45, 7) is 4.43. The molecule has 2 rings (SSSR count). The molecule has 0 spiro atoms. The molecule has 0 saturated carbocycles. The first-order valence-electron chi connectivity index (χ1n) is 6.67. The summed E-state index contributed by atoms with van der Waals surface area (Å²) in [4.78, 5) is 23.4. The SMILES string of the molecule is CCOC(=O)[C@@H](Cc1ccc2c(c1)OCCO2)C(C)=O. The number of ether oxygens (including phenoxy) is 3. The first kappa shape index (κ1) is 14.4. The predicted octanol–water partition coefficient (Wildman–Crippen LogP) is 1.77. The average molecular weight is 278 g/mol. The van der Waals surface area contributed by atoms with Gasteiger partial charge >= 0.3 is 5.97 Å². The Morgan fingerprint density at radius 1 is 1.25 bits per heavy atom. The zero-order valence-corrected chi connectivity index (χ0v) is 11.7. The van der Waals surface area contributed by atoms with Crippen molar-refractivity contribution in [3.63, 3.8) is 0 Å². The van der Waals surface area contributed by atoms with Crippen LogP contribution in [0.3, 0.4) is 0 Å². The van der Waals surface area contributed by atoms with Crippen LogP contribution < -0.4 is 9.47 Å². The normalized spacial score (nSPS) is 14.5. The van der Waals surface area contributed by atoms with E-state index in [9.17, 15) is 9.59 Å². The Morgan fingerprint density at radius 3 is 2.60 bits per heavy atom. The van der Waals surface area contributed by atoms with E-state index in [-0.39, 0.29) is 12.4 Å². The van der Waals surface area contributed by atoms with Gasteiger partial charge in [0.25, 0.3) is 0 Å². The summed E-state index contributed by atoms with van der Waals surface area (Å²) >= 11 is 0. The lowest BCUT2D eigenvalue weighted by Gasteiger charge is -2.19. The number of carbonyl (C=O) groups is 2. The van der Waals surface area contributed by atoms with Gasteiger partial charge in [0.15, 0.2) is 11.5 Å². The van der Waals surface area contributed by atoms with Crippen LogP contribution in [0.1, 0.15) is 19.4 Å². The third-order valence-corrected chi connectivity index (χ3v) is 3.11. The Hall–Kier alpha value is -2.04. The summed E-state index contributed by atoms with van der Waals surface area (Å²) in [5, 5.41) is 0. The Kier molecular flexibility index (Phi) is 4.61. The Balaban J connectivity index is 2.14. The lowest BCUT2D eigenvalue weighted by atomic mass is 9.95. The smallest absolute Gasteiger partial charge is 0.316 e. The molecule has 1 atom stereocenters. The van der Waals surface area contributed by atoms with Gasteiger partial charge in [-0.05, 0) is 38.0 Å². The van der Waals surface area contributed by atoms with Crippen LogP contribution in [-0.2, 0) is 20.7 Å². The Bertz CT molecular complexity index is 509.